The Bertz CT molecular complexity index is 264. The van der Waals surface area contributed by atoms with E-state index in [0.717, 1.165) is 10.4 Å². The molecule has 0 aromatic carbocycles. The van der Waals surface area contributed by atoms with Crippen molar-refractivity contribution in [2.45, 2.75) is 24.9 Å². The van der Waals surface area contributed by atoms with Crippen LogP contribution in [0.4, 0.5) is 0 Å². The van der Waals surface area contributed by atoms with Crippen molar-refractivity contribution in [1.82, 2.24) is 0 Å². The lowest BCUT2D eigenvalue weighted by Crippen LogP contribution is -2.29. The Balaban J connectivity index is 2.60. The molecule has 4 nitrogen and oxygen atoms in total. The predicted molar refractivity (Wildman–Crippen MR) is 61.8 cm³/mol. The summed E-state index contributed by atoms with van der Waals surface area (Å²) in [6.45, 7) is -0.0231. The number of aliphatic hydroxyl groups excluding tert-OH is 2. The van der Waals surface area contributed by atoms with Gasteiger partial charge in [-0.25, -0.2) is 0 Å². The minimum Gasteiger partial charge on any atom is -0.395 e. The van der Waals surface area contributed by atoms with E-state index in [1.165, 1.54) is 0 Å². The number of hydrogen-bond acceptors (Lipinski definition) is 5. The van der Waals surface area contributed by atoms with Gasteiger partial charge >= 0.3 is 0 Å². The first-order valence-corrected chi connectivity index (χ1v) is 5.83. The standard InChI is InChI=1S/C10H18N2O2S/c11-8(5-13)3-7-1-2-15-10(7)4-9(12)6-14/h1-2,8-9,13-14H,3-6,11-12H2. The Kier molecular flexibility index (Phi) is 5.21. The van der Waals surface area contributed by atoms with Crippen molar-refractivity contribution in [3.8, 4) is 0 Å². The summed E-state index contributed by atoms with van der Waals surface area (Å²) in [5.41, 5.74) is 12.5. The second-order valence-electron chi connectivity index (χ2n) is 3.66. The molecule has 1 aromatic rings. The highest BCUT2D eigenvalue weighted by atomic mass is 32.1. The molecule has 0 bridgehead atoms. The lowest BCUT2D eigenvalue weighted by molar-refractivity contribution is 0.262. The van der Waals surface area contributed by atoms with Crippen molar-refractivity contribution in [1.29, 1.82) is 0 Å². The zero-order valence-electron chi connectivity index (χ0n) is 8.60. The molecule has 2 unspecified atom stereocenters. The van der Waals surface area contributed by atoms with Crippen LogP contribution in [0, 0.1) is 0 Å². The van der Waals surface area contributed by atoms with E-state index < -0.39 is 0 Å². The van der Waals surface area contributed by atoms with E-state index in [1.807, 2.05) is 11.4 Å². The third kappa shape index (κ3) is 3.89. The normalized spacial score (nSPS) is 15.2. The molecule has 0 radical (unpaired) electrons. The Hall–Kier alpha value is -0.460. The van der Waals surface area contributed by atoms with Crippen LogP contribution in [0.5, 0.6) is 0 Å². The third-order valence-electron chi connectivity index (χ3n) is 2.24. The van der Waals surface area contributed by atoms with Crippen molar-refractivity contribution in [3.63, 3.8) is 0 Å². The van der Waals surface area contributed by atoms with Crippen molar-refractivity contribution in [2.75, 3.05) is 13.2 Å². The molecule has 0 saturated heterocycles. The molecule has 1 rings (SSSR count). The Labute approximate surface area is 93.5 Å². The van der Waals surface area contributed by atoms with Gasteiger partial charge in [0.1, 0.15) is 0 Å². The Morgan fingerprint density at radius 1 is 1.13 bits per heavy atom. The molecule has 5 heteroatoms. The zero-order chi connectivity index (χ0) is 11.3. The van der Waals surface area contributed by atoms with E-state index in [1.54, 1.807) is 11.3 Å². The molecule has 15 heavy (non-hydrogen) atoms. The minimum absolute atomic E-state index is 0.0105. The maximum absolute atomic E-state index is 8.87. The van der Waals surface area contributed by atoms with Gasteiger partial charge in [-0.1, -0.05) is 0 Å². The van der Waals surface area contributed by atoms with Gasteiger partial charge in [0.25, 0.3) is 0 Å². The summed E-state index contributed by atoms with van der Waals surface area (Å²) < 4.78 is 0. The van der Waals surface area contributed by atoms with Crippen molar-refractivity contribution < 1.29 is 10.2 Å². The van der Waals surface area contributed by atoms with Crippen LogP contribution < -0.4 is 11.5 Å². The Morgan fingerprint density at radius 3 is 2.33 bits per heavy atom. The van der Waals surface area contributed by atoms with E-state index in [4.69, 9.17) is 21.7 Å². The van der Waals surface area contributed by atoms with Gasteiger partial charge in [0, 0.05) is 17.0 Å². The molecule has 1 aromatic heterocycles. The van der Waals surface area contributed by atoms with E-state index in [0.29, 0.717) is 12.8 Å². The molecule has 0 saturated carbocycles. The number of aliphatic hydroxyl groups is 2. The van der Waals surface area contributed by atoms with Gasteiger partial charge in [-0.2, -0.15) is 0 Å². The van der Waals surface area contributed by atoms with Crippen LogP contribution in [0.15, 0.2) is 11.4 Å². The van der Waals surface area contributed by atoms with Gasteiger partial charge in [0.2, 0.25) is 0 Å². The topological polar surface area (TPSA) is 92.5 Å². The fourth-order valence-electron chi connectivity index (χ4n) is 1.38. The molecule has 0 amide bonds. The molecule has 86 valence electrons. The molecule has 2 atom stereocenters. The second-order valence-corrected chi connectivity index (χ2v) is 4.66. The lowest BCUT2D eigenvalue weighted by Gasteiger charge is -2.11. The van der Waals surface area contributed by atoms with Gasteiger partial charge in [-0.05, 0) is 29.9 Å². The SMILES string of the molecule is NC(CO)Cc1ccsc1CC(N)CO. The first kappa shape index (κ1) is 12.6. The molecular formula is C10H18N2O2S. The quantitative estimate of drug-likeness (QED) is 0.529. The summed E-state index contributed by atoms with van der Waals surface area (Å²) in [6.07, 6.45) is 1.33. The number of rotatable bonds is 6. The van der Waals surface area contributed by atoms with Gasteiger partial charge < -0.3 is 21.7 Å². The van der Waals surface area contributed by atoms with Crippen LogP contribution in [0.25, 0.3) is 0 Å². The maximum Gasteiger partial charge on any atom is 0.0586 e. The fraction of sp³-hybridized carbons (Fsp3) is 0.600. The van der Waals surface area contributed by atoms with E-state index in [2.05, 4.69) is 0 Å². The van der Waals surface area contributed by atoms with Crippen molar-refractivity contribution in [3.05, 3.63) is 21.9 Å². The summed E-state index contributed by atoms with van der Waals surface area (Å²) in [5.74, 6) is 0. The van der Waals surface area contributed by atoms with Crippen LogP contribution in [0.1, 0.15) is 10.4 Å². The van der Waals surface area contributed by atoms with Crippen LogP contribution in [0.2, 0.25) is 0 Å². The zero-order valence-corrected chi connectivity index (χ0v) is 9.41. The Morgan fingerprint density at radius 2 is 1.73 bits per heavy atom. The number of nitrogens with two attached hydrogens (primary N) is 2. The molecule has 0 aliphatic carbocycles. The first-order valence-electron chi connectivity index (χ1n) is 4.95. The summed E-state index contributed by atoms with van der Waals surface area (Å²) >= 11 is 1.62. The second kappa shape index (κ2) is 6.19. The number of hydrogen-bond donors (Lipinski definition) is 4. The largest absolute Gasteiger partial charge is 0.395 e. The van der Waals surface area contributed by atoms with Gasteiger partial charge in [-0.15, -0.1) is 11.3 Å². The highest BCUT2D eigenvalue weighted by molar-refractivity contribution is 7.10. The predicted octanol–water partition coefficient (Wildman–Crippen LogP) is -0.528. The lowest BCUT2D eigenvalue weighted by atomic mass is 10.0. The third-order valence-corrected chi connectivity index (χ3v) is 3.22. The molecule has 0 spiro atoms. The van der Waals surface area contributed by atoms with E-state index in [9.17, 15) is 0 Å². The van der Waals surface area contributed by atoms with Crippen LogP contribution in [-0.2, 0) is 12.8 Å². The van der Waals surface area contributed by atoms with Crippen LogP contribution in [-0.4, -0.2) is 35.5 Å². The van der Waals surface area contributed by atoms with E-state index in [-0.39, 0.29) is 25.3 Å². The minimum atomic E-state index is -0.219. The van der Waals surface area contributed by atoms with Gasteiger partial charge in [0.15, 0.2) is 0 Å². The van der Waals surface area contributed by atoms with Crippen molar-refractivity contribution >= 4 is 11.3 Å². The van der Waals surface area contributed by atoms with Gasteiger partial charge in [-0.3, -0.25) is 0 Å². The van der Waals surface area contributed by atoms with Crippen LogP contribution in [0.3, 0.4) is 0 Å². The van der Waals surface area contributed by atoms with Gasteiger partial charge in [0.05, 0.1) is 13.2 Å². The number of thiophene rings is 1. The molecule has 0 aliphatic rings. The molecule has 6 N–H and O–H groups in total. The summed E-state index contributed by atoms with van der Waals surface area (Å²) in [4.78, 5) is 1.15. The average molecular weight is 230 g/mol. The molecular weight excluding hydrogens is 212 g/mol. The molecule has 0 aliphatic heterocycles. The fourth-order valence-corrected chi connectivity index (χ4v) is 2.39. The smallest absolute Gasteiger partial charge is 0.0586 e. The van der Waals surface area contributed by atoms with E-state index >= 15 is 0 Å². The summed E-state index contributed by atoms with van der Waals surface area (Å²) in [7, 11) is 0. The highest BCUT2D eigenvalue weighted by Crippen LogP contribution is 2.19. The summed E-state index contributed by atoms with van der Waals surface area (Å²) in [6, 6.07) is 1.57. The monoisotopic (exact) mass is 230 g/mol. The first-order chi connectivity index (χ1) is 7.17. The molecule has 0 fully saturated rings. The van der Waals surface area contributed by atoms with Crippen LogP contribution >= 0.6 is 11.3 Å². The highest BCUT2D eigenvalue weighted by Gasteiger charge is 2.11. The molecule has 1 heterocycles. The van der Waals surface area contributed by atoms with Crippen molar-refractivity contribution in [2.24, 2.45) is 11.5 Å². The maximum atomic E-state index is 8.87. The average Bonchev–Trinajstić information content (AvgIpc) is 2.65. The summed E-state index contributed by atoms with van der Waals surface area (Å²) in [5, 5.41) is 19.7.